The number of hydrogen-bond acceptors (Lipinski definition) is 3. The molecule has 0 saturated heterocycles. The standard InChI is InChI=1S/C8H6F6O3/c1-2-17-3-4(5(15)7(9,10)11)6(16)8(12,13)14/h3H,2H2,1H3. The number of carbonyl (C=O) groups excluding carboxylic acids is 2. The van der Waals surface area contributed by atoms with E-state index in [2.05, 4.69) is 4.74 Å². The molecule has 98 valence electrons. The minimum Gasteiger partial charge on any atom is -0.501 e. The number of alkyl halides is 6. The quantitative estimate of drug-likeness (QED) is 0.257. The van der Waals surface area contributed by atoms with Crippen LogP contribution in [0.4, 0.5) is 26.3 Å². The zero-order valence-corrected chi connectivity index (χ0v) is 8.28. The fourth-order valence-corrected chi connectivity index (χ4v) is 0.682. The van der Waals surface area contributed by atoms with E-state index < -0.39 is 29.5 Å². The van der Waals surface area contributed by atoms with Crippen molar-refractivity contribution in [2.75, 3.05) is 6.61 Å². The van der Waals surface area contributed by atoms with Crippen LogP contribution in [0, 0.1) is 0 Å². The molecule has 0 N–H and O–H groups in total. The molecule has 0 bridgehead atoms. The molecule has 3 nitrogen and oxygen atoms in total. The first-order chi connectivity index (χ1) is 7.51. The van der Waals surface area contributed by atoms with Crippen LogP contribution in [0.15, 0.2) is 11.8 Å². The van der Waals surface area contributed by atoms with Crippen molar-refractivity contribution in [1.82, 2.24) is 0 Å². The van der Waals surface area contributed by atoms with Crippen molar-refractivity contribution in [2.45, 2.75) is 19.3 Å². The fourth-order valence-electron chi connectivity index (χ4n) is 0.682. The number of hydrogen-bond donors (Lipinski definition) is 0. The Morgan fingerprint density at radius 2 is 1.35 bits per heavy atom. The van der Waals surface area contributed by atoms with E-state index in [-0.39, 0.29) is 12.9 Å². The summed E-state index contributed by atoms with van der Waals surface area (Å²) < 4.78 is 75.6. The highest BCUT2D eigenvalue weighted by molar-refractivity contribution is 6.23. The molecule has 0 unspecified atom stereocenters. The van der Waals surface area contributed by atoms with Crippen molar-refractivity contribution >= 4 is 11.6 Å². The Hall–Kier alpha value is -1.54. The third-order valence-electron chi connectivity index (χ3n) is 1.37. The van der Waals surface area contributed by atoms with Crippen LogP contribution in [0.3, 0.4) is 0 Å². The number of ether oxygens (including phenoxy) is 1. The molecule has 0 aliphatic rings. The van der Waals surface area contributed by atoms with Gasteiger partial charge in [-0.25, -0.2) is 0 Å². The minimum atomic E-state index is -5.58. The first-order valence-corrected chi connectivity index (χ1v) is 4.06. The molecule has 0 heterocycles. The van der Waals surface area contributed by atoms with Gasteiger partial charge in [0, 0.05) is 0 Å². The molecule has 9 heteroatoms. The van der Waals surface area contributed by atoms with Crippen molar-refractivity contribution in [3.63, 3.8) is 0 Å². The number of carbonyl (C=O) groups is 2. The molecule has 0 aromatic heterocycles. The maximum atomic E-state index is 11.9. The Morgan fingerprint density at radius 3 is 1.59 bits per heavy atom. The van der Waals surface area contributed by atoms with E-state index in [0.717, 1.165) is 0 Å². The molecule has 0 atom stereocenters. The second kappa shape index (κ2) is 5.19. The number of rotatable bonds is 4. The van der Waals surface area contributed by atoms with Crippen LogP contribution in [0.1, 0.15) is 6.92 Å². The molecule has 0 rings (SSSR count). The number of Topliss-reactive ketones (excluding diaryl/α,β-unsaturated/α-hetero) is 2. The van der Waals surface area contributed by atoms with Crippen LogP contribution < -0.4 is 0 Å². The van der Waals surface area contributed by atoms with Crippen molar-refractivity contribution < 1.29 is 40.7 Å². The lowest BCUT2D eigenvalue weighted by atomic mass is 10.1. The molecule has 0 aromatic rings. The first kappa shape index (κ1) is 15.5. The zero-order valence-electron chi connectivity index (χ0n) is 8.28. The van der Waals surface area contributed by atoms with Gasteiger partial charge >= 0.3 is 12.4 Å². The van der Waals surface area contributed by atoms with Gasteiger partial charge in [-0.2, -0.15) is 26.3 Å². The highest BCUT2D eigenvalue weighted by atomic mass is 19.4. The van der Waals surface area contributed by atoms with E-state index in [1.54, 1.807) is 0 Å². The average Bonchev–Trinajstić information content (AvgIpc) is 2.14. The van der Waals surface area contributed by atoms with Crippen molar-refractivity contribution in [3.05, 3.63) is 11.8 Å². The lowest BCUT2D eigenvalue weighted by Gasteiger charge is -2.10. The van der Waals surface area contributed by atoms with Crippen LogP contribution in [0.2, 0.25) is 0 Å². The van der Waals surface area contributed by atoms with Gasteiger partial charge in [0.15, 0.2) is 0 Å². The second-order valence-corrected chi connectivity index (χ2v) is 2.64. The number of ketones is 2. The van der Waals surface area contributed by atoms with Crippen molar-refractivity contribution in [3.8, 4) is 0 Å². The summed E-state index contributed by atoms with van der Waals surface area (Å²) in [5, 5.41) is 0. The van der Waals surface area contributed by atoms with Crippen molar-refractivity contribution in [2.24, 2.45) is 0 Å². The van der Waals surface area contributed by atoms with Gasteiger partial charge < -0.3 is 4.74 Å². The van der Waals surface area contributed by atoms with Gasteiger partial charge in [-0.05, 0) is 6.92 Å². The summed E-state index contributed by atoms with van der Waals surface area (Å²) in [5.74, 6) is -5.79. The molecule has 0 spiro atoms. The predicted molar refractivity (Wildman–Crippen MR) is 41.8 cm³/mol. The SMILES string of the molecule is CCOC=C(C(=O)C(F)(F)F)C(=O)C(F)(F)F. The summed E-state index contributed by atoms with van der Waals surface area (Å²) in [6.07, 6.45) is -11.3. The normalized spacial score (nSPS) is 11.9. The van der Waals surface area contributed by atoms with E-state index in [1.165, 1.54) is 6.92 Å². The van der Waals surface area contributed by atoms with E-state index in [4.69, 9.17) is 0 Å². The van der Waals surface area contributed by atoms with Crippen LogP contribution in [-0.2, 0) is 14.3 Å². The van der Waals surface area contributed by atoms with Gasteiger partial charge in [0.25, 0.3) is 11.6 Å². The lowest BCUT2D eigenvalue weighted by Crippen LogP contribution is -2.34. The minimum absolute atomic E-state index is 0.133. The average molecular weight is 264 g/mol. The maximum absolute atomic E-state index is 11.9. The fraction of sp³-hybridized carbons (Fsp3) is 0.500. The van der Waals surface area contributed by atoms with E-state index in [1.807, 2.05) is 0 Å². The van der Waals surface area contributed by atoms with Gasteiger partial charge in [-0.3, -0.25) is 9.59 Å². The smallest absolute Gasteiger partial charge is 0.455 e. The topological polar surface area (TPSA) is 43.4 Å². The molecular weight excluding hydrogens is 258 g/mol. The largest absolute Gasteiger partial charge is 0.501 e. The number of halogens is 6. The summed E-state index contributed by atoms with van der Waals surface area (Å²) in [4.78, 5) is 21.1. The molecule has 0 aromatic carbocycles. The summed E-state index contributed by atoms with van der Waals surface area (Å²) in [6, 6.07) is 0. The highest BCUT2D eigenvalue weighted by Crippen LogP contribution is 2.27. The van der Waals surface area contributed by atoms with Crippen LogP contribution in [0.25, 0.3) is 0 Å². The molecule has 0 aliphatic heterocycles. The maximum Gasteiger partial charge on any atom is 0.455 e. The van der Waals surface area contributed by atoms with E-state index in [9.17, 15) is 35.9 Å². The third kappa shape index (κ3) is 4.45. The van der Waals surface area contributed by atoms with Crippen LogP contribution in [-0.4, -0.2) is 30.5 Å². The van der Waals surface area contributed by atoms with Crippen LogP contribution >= 0.6 is 0 Å². The van der Waals surface area contributed by atoms with Crippen LogP contribution in [0.5, 0.6) is 0 Å². The van der Waals surface area contributed by atoms with Gasteiger partial charge in [0.2, 0.25) is 0 Å². The van der Waals surface area contributed by atoms with Gasteiger partial charge in [-0.1, -0.05) is 0 Å². The summed E-state index contributed by atoms with van der Waals surface area (Å²) in [6.45, 7) is 0.962. The third-order valence-corrected chi connectivity index (χ3v) is 1.37. The second-order valence-electron chi connectivity index (χ2n) is 2.64. The van der Waals surface area contributed by atoms with Gasteiger partial charge in [-0.15, -0.1) is 0 Å². The monoisotopic (exact) mass is 264 g/mol. The first-order valence-electron chi connectivity index (χ1n) is 4.06. The van der Waals surface area contributed by atoms with Gasteiger partial charge in [0.05, 0.1) is 12.9 Å². The van der Waals surface area contributed by atoms with E-state index >= 15 is 0 Å². The van der Waals surface area contributed by atoms with Gasteiger partial charge in [0.1, 0.15) is 5.57 Å². The number of allylic oxidation sites excluding steroid dienone is 1. The molecule has 0 saturated carbocycles. The summed E-state index contributed by atoms with van der Waals surface area (Å²) in [5.41, 5.74) is -2.09. The Morgan fingerprint density at radius 1 is 1.00 bits per heavy atom. The highest BCUT2D eigenvalue weighted by Gasteiger charge is 2.50. The Labute approximate surface area is 91.0 Å². The molecule has 0 aliphatic carbocycles. The zero-order chi connectivity index (χ0) is 13.9. The summed E-state index contributed by atoms with van der Waals surface area (Å²) >= 11 is 0. The Balaban J connectivity index is 5.32. The molecule has 17 heavy (non-hydrogen) atoms. The van der Waals surface area contributed by atoms with Crippen molar-refractivity contribution in [1.29, 1.82) is 0 Å². The molecule has 0 fully saturated rings. The van der Waals surface area contributed by atoms with E-state index in [0.29, 0.717) is 0 Å². The Bertz CT molecular complexity index is 310. The summed E-state index contributed by atoms with van der Waals surface area (Å²) in [7, 11) is 0. The molecule has 0 radical (unpaired) electrons. The molecular formula is C8H6F6O3. The predicted octanol–water partition coefficient (Wildman–Crippen LogP) is 2.17. The Kier molecular flexibility index (Phi) is 4.72. The molecule has 0 amide bonds. The lowest BCUT2D eigenvalue weighted by molar-refractivity contribution is -0.175.